The average Bonchev–Trinajstić information content (AvgIpc) is 2.37. The van der Waals surface area contributed by atoms with Gasteiger partial charge in [0.15, 0.2) is 0 Å². The van der Waals surface area contributed by atoms with Gasteiger partial charge in [-0.05, 0) is 36.4 Å². The monoisotopic (exact) mass is 298 g/mol. The van der Waals surface area contributed by atoms with E-state index in [9.17, 15) is 4.79 Å². The number of hydrogen-bond donors (Lipinski definition) is 1. The van der Waals surface area contributed by atoms with E-state index in [0.29, 0.717) is 19.5 Å². The van der Waals surface area contributed by atoms with Gasteiger partial charge >= 0.3 is 0 Å². The lowest BCUT2D eigenvalue weighted by molar-refractivity contribution is -0.131. The SMILES string of the molecule is Cc1ccccc1CCC(=O)N(C)CC(C)(C)CN.Cl. The van der Waals surface area contributed by atoms with E-state index in [2.05, 4.69) is 32.9 Å². The van der Waals surface area contributed by atoms with E-state index in [-0.39, 0.29) is 23.7 Å². The van der Waals surface area contributed by atoms with Gasteiger partial charge in [-0.15, -0.1) is 12.4 Å². The predicted molar refractivity (Wildman–Crippen MR) is 87.2 cm³/mol. The van der Waals surface area contributed by atoms with Gasteiger partial charge in [-0.2, -0.15) is 0 Å². The minimum Gasteiger partial charge on any atom is -0.345 e. The van der Waals surface area contributed by atoms with E-state index < -0.39 is 0 Å². The molecule has 114 valence electrons. The molecule has 1 aromatic carbocycles. The Bertz CT molecular complexity index is 432. The first-order valence-electron chi connectivity index (χ1n) is 6.84. The van der Waals surface area contributed by atoms with E-state index in [1.54, 1.807) is 4.90 Å². The Morgan fingerprint density at radius 2 is 1.90 bits per heavy atom. The summed E-state index contributed by atoms with van der Waals surface area (Å²) < 4.78 is 0. The Morgan fingerprint density at radius 3 is 2.45 bits per heavy atom. The third-order valence-corrected chi connectivity index (χ3v) is 3.51. The van der Waals surface area contributed by atoms with Crippen LogP contribution in [0.15, 0.2) is 24.3 Å². The molecule has 0 unspecified atom stereocenters. The second kappa shape index (κ2) is 8.28. The summed E-state index contributed by atoms with van der Waals surface area (Å²) in [5.74, 6) is 0.185. The van der Waals surface area contributed by atoms with Crippen molar-refractivity contribution >= 4 is 18.3 Å². The lowest BCUT2D eigenvalue weighted by atomic mass is 9.93. The zero-order valence-electron chi connectivity index (χ0n) is 13.0. The van der Waals surface area contributed by atoms with Crippen molar-refractivity contribution in [3.8, 4) is 0 Å². The number of aryl methyl sites for hydroxylation is 2. The van der Waals surface area contributed by atoms with Crippen molar-refractivity contribution in [2.75, 3.05) is 20.1 Å². The lowest BCUT2D eigenvalue weighted by Gasteiger charge is -2.29. The molecule has 0 aliphatic carbocycles. The highest BCUT2D eigenvalue weighted by Gasteiger charge is 2.20. The standard InChI is InChI=1S/C16H26N2O.ClH/c1-13-7-5-6-8-14(13)9-10-15(19)18(4)12-16(2,3)11-17;/h5-8H,9-12,17H2,1-4H3;1H. The third kappa shape index (κ3) is 5.93. The van der Waals surface area contributed by atoms with Crippen LogP contribution >= 0.6 is 12.4 Å². The summed E-state index contributed by atoms with van der Waals surface area (Å²) in [5.41, 5.74) is 8.18. The maximum Gasteiger partial charge on any atom is 0.222 e. The number of hydrogen-bond acceptors (Lipinski definition) is 2. The second-order valence-electron chi connectivity index (χ2n) is 6.04. The molecule has 0 atom stereocenters. The molecule has 1 rings (SSSR count). The van der Waals surface area contributed by atoms with Crippen LogP contribution in [0.5, 0.6) is 0 Å². The topological polar surface area (TPSA) is 46.3 Å². The van der Waals surface area contributed by atoms with E-state index in [0.717, 1.165) is 6.42 Å². The van der Waals surface area contributed by atoms with Gasteiger partial charge in [0, 0.05) is 20.0 Å². The van der Waals surface area contributed by atoms with Crippen molar-refractivity contribution < 1.29 is 4.79 Å². The van der Waals surface area contributed by atoms with Crippen molar-refractivity contribution in [1.29, 1.82) is 0 Å². The van der Waals surface area contributed by atoms with E-state index in [1.807, 2.05) is 19.2 Å². The predicted octanol–water partition coefficient (Wildman–Crippen LogP) is 2.79. The molecule has 1 aromatic rings. The molecule has 0 aliphatic rings. The van der Waals surface area contributed by atoms with Crippen LogP contribution in [-0.4, -0.2) is 30.9 Å². The normalized spacial score (nSPS) is 10.8. The fourth-order valence-corrected chi connectivity index (χ4v) is 2.12. The van der Waals surface area contributed by atoms with Gasteiger partial charge in [0.25, 0.3) is 0 Å². The number of carbonyl (C=O) groups excluding carboxylic acids is 1. The lowest BCUT2D eigenvalue weighted by Crippen LogP contribution is -2.39. The Balaban J connectivity index is 0.00000361. The second-order valence-corrected chi connectivity index (χ2v) is 6.04. The molecule has 2 N–H and O–H groups in total. The summed E-state index contributed by atoms with van der Waals surface area (Å²) in [7, 11) is 1.86. The minimum atomic E-state index is -0.0208. The molecular formula is C16H27ClN2O. The van der Waals surface area contributed by atoms with Gasteiger partial charge in [0.2, 0.25) is 5.91 Å². The van der Waals surface area contributed by atoms with Gasteiger partial charge in [-0.3, -0.25) is 4.79 Å². The fourth-order valence-electron chi connectivity index (χ4n) is 2.12. The van der Waals surface area contributed by atoms with Crippen molar-refractivity contribution in [2.24, 2.45) is 11.1 Å². The number of benzene rings is 1. The van der Waals surface area contributed by atoms with Gasteiger partial charge in [-0.25, -0.2) is 0 Å². The number of amides is 1. The Morgan fingerprint density at radius 1 is 1.30 bits per heavy atom. The molecule has 4 heteroatoms. The molecule has 1 amide bonds. The molecule has 20 heavy (non-hydrogen) atoms. The van der Waals surface area contributed by atoms with Crippen LogP contribution in [0.25, 0.3) is 0 Å². The summed E-state index contributed by atoms with van der Waals surface area (Å²) in [6, 6.07) is 8.22. The van der Waals surface area contributed by atoms with Crippen molar-refractivity contribution in [1.82, 2.24) is 4.90 Å². The smallest absolute Gasteiger partial charge is 0.222 e. The van der Waals surface area contributed by atoms with Gasteiger partial charge < -0.3 is 10.6 Å². The van der Waals surface area contributed by atoms with Crippen molar-refractivity contribution in [3.63, 3.8) is 0 Å². The van der Waals surface area contributed by atoms with Crippen LogP contribution in [0.1, 0.15) is 31.4 Å². The van der Waals surface area contributed by atoms with Gasteiger partial charge in [0.05, 0.1) is 0 Å². The molecule has 0 aromatic heterocycles. The number of nitrogens with zero attached hydrogens (tertiary/aromatic N) is 1. The van der Waals surface area contributed by atoms with E-state index >= 15 is 0 Å². The van der Waals surface area contributed by atoms with Gasteiger partial charge in [0.1, 0.15) is 0 Å². The molecule has 0 saturated carbocycles. The van der Waals surface area contributed by atoms with Crippen LogP contribution in [-0.2, 0) is 11.2 Å². The molecule has 0 aliphatic heterocycles. The number of carbonyl (C=O) groups is 1. The highest BCUT2D eigenvalue weighted by molar-refractivity contribution is 5.85. The Hall–Kier alpha value is -1.06. The van der Waals surface area contributed by atoms with E-state index in [1.165, 1.54) is 11.1 Å². The highest BCUT2D eigenvalue weighted by Crippen LogP contribution is 2.15. The molecule has 0 bridgehead atoms. The number of rotatable bonds is 6. The quantitative estimate of drug-likeness (QED) is 0.878. The summed E-state index contributed by atoms with van der Waals surface area (Å²) in [4.78, 5) is 13.9. The van der Waals surface area contributed by atoms with Crippen LogP contribution in [0, 0.1) is 12.3 Å². The fraction of sp³-hybridized carbons (Fsp3) is 0.562. The van der Waals surface area contributed by atoms with Gasteiger partial charge in [-0.1, -0.05) is 38.1 Å². The molecule has 0 heterocycles. The van der Waals surface area contributed by atoms with Crippen LogP contribution in [0.2, 0.25) is 0 Å². The first kappa shape index (κ1) is 18.9. The summed E-state index contributed by atoms with van der Waals surface area (Å²) in [6.07, 6.45) is 1.36. The molecule has 0 fully saturated rings. The summed E-state index contributed by atoms with van der Waals surface area (Å²) in [5, 5.41) is 0. The van der Waals surface area contributed by atoms with E-state index in [4.69, 9.17) is 5.73 Å². The zero-order valence-corrected chi connectivity index (χ0v) is 13.8. The molecule has 0 spiro atoms. The molecule has 0 saturated heterocycles. The Labute approximate surface area is 128 Å². The first-order valence-corrected chi connectivity index (χ1v) is 6.84. The maximum absolute atomic E-state index is 12.1. The zero-order chi connectivity index (χ0) is 14.5. The summed E-state index contributed by atoms with van der Waals surface area (Å²) in [6.45, 7) is 7.54. The number of halogens is 1. The average molecular weight is 299 g/mol. The third-order valence-electron chi connectivity index (χ3n) is 3.51. The molecule has 3 nitrogen and oxygen atoms in total. The van der Waals surface area contributed by atoms with Crippen LogP contribution in [0.4, 0.5) is 0 Å². The number of nitrogens with two attached hydrogens (primary N) is 1. The Kier molecular flexibility index (Phi) is 7.84. The largest absolute Gasteiger partial charge is 0.345 e. The summed E-state index contributed by atoms with van der Waals surface area (Å²) >= 11 is 0. The minimum absolute atomic E-state index is 0. The van der Waals surface area contributed by atoms with Crippen molar-refractivity contribution in [2.45, 2.75) is 33.6 Å². The van der Waals surface area contributed by atoms with Crippen molar-refractivity contribution in [3.05, 3.63) is 35.4 Å². The van der Waals surface area contributed by atoms with Crippen LogP contribution < -0.4 is 5.73 Å². The highest BCUT2D eigenvalue weighted by atomic mass is 35.5. The maximum atomic E-state index is 12.1. The first-order chi connectivity index (χ1) is 8.85. The molecular weight excluding hydrogens is 272 g/mol. The van der Waals surface area contributed by atoms with Crippen LogP contribution in [0.3, 0.4) is 0 Å². The molecule has 0 radical (unpaired) electrons.